The zero-order chi connectivity index (χ0) is 23.1. The molecule has 4 amide bonds. The fourth-order valence-electron chi connectivity index (χ4n) is 4.66. The molecule has 2 aliphatic heterocycles. The highest BCUT2D eigenvalue weighted by molar-refractivity contribution is 5.90. The van der Waals surface area contributed by atoms with Crippen molar-refractivity contribution in [3.63, 3.8) is 0 Å². The van der Waals surface area contributed by atoms with Crippen LogP contribution < -0.4 is 10.6 Å². The number of likely N-dealkylation sites (N-methyl/N-ethyl adjacent to an activating group) is 1. The molecule has 2 rings (SSSR count). The smallest absolute Gasteiger partial charge is 0.243 e. The molecule has 2 N–H and O–H groups in total. The van der Waals surface area contributed by atoms with Crippen molar-refractivity contribution in [1.29, 1.82) is 0 Å². The normalized spacial score (nSPS) is 22.6. The molecule has 9 nitrogen and oxygen atoms in total. The van der Waals surface area contributed by atoms with Crippen LogP contribution in [0.1, 0.15) is 53.4 Å². The quantitative estimate of drug-likeness (QED) is 0.475. The van der Waals surface area contributed by atoms with Crippen molar-refractivity contribution >= 4 is 24.1 Å². The monoisotopic (exact) mass is 437 g/mol. The molecule has 0 aromatic heterocycles. The molecule has 0 spiro atoms. The first kappa shape index (κ1) is 25.1. The Balaban J connectivity index is 2.08. The molecule has 31 heavy (non-hydrogen) atoms. The summed E-state index contributed by atoms with van der Waals surface area (Å²) in [7, 11) is 1.75. The van der Waals surface area contributed by atoms with E-state index in [0.29, 0.717) is 25.9 Å². The molecule has 0 aliphatic carbocycles. The molecule has 1 unspecified atom stereocenters. The molecule has 0 aromatic carbocycles. The summed E-state index contributed by atoms with van der Waals surface area (Å²) in [5.41, 5.74) is 0. The average molecular weight is 438 g/mol. The van der Waals surface area contributed by atoms with Gasteiger partial charge in [-0.15, -0.1) is 0 Å². The molecule has 176 valence electrons. The first-order valence-electron chi connectivity index (χ1n) is 11.4. The van der Waals surface area contributed by atoms with Crippen molar-refractivity contribution in [3.05, 3.63) is 0 Å². The molecule has 2 fully saturated rings. The number of hydrogen-bond donors (Lipinski definition) is 2. The zero-order valence-corrected chi connectivity index (χ0v) is 19.6. The Morgan fingerprint density at radius 2 is 1.71 bits per heavy atom. The van der Waals surface area contributed by atoms with Gasteiger partial charge in [-0.2, -0.15) is 0 Å². The summed E-state index contributed by atoms with van der Waals surface area (Å²) in [6, 6.07) is -0.684. The van der Waals surface area contributed by atoms with Crippen LogP contribution in [0.4, 0.5) is 0 Å². The lowest BCUT2D eigenvalue weighted by Gasteiger charge is -2.37. The number of amides is 4. The fourth-order valence-corrected chi connectivity index (χ4v) is 4.66. The highest BCUT2D eigenvalue weighted by Crippen LogP contribution is 2.26. The van der Waals surface area contributed by atoms with E-state index in [9.17, 15) is 19.2 Å². The number of nitrogens with one attached hydrogen (secondary N) is 2. The van der Waals surface area contributed by atoms with Gasteiger partial charge >= 0.3 is 0 Å². The van der Waals surface area contributed by atoms with Gasteiger partial charge in [0.05, 0.1) is 12.6 Å². The Hall–Kier alpha value is -2.16. The highest BCUT2D eigenvalue weighted by atomic mass is 16.2. The van der Waals surface area contributed by atoms with Crippen LogP contribution in [0.15, 0.2) is 0 Å². The van der Waals surface area contributed by atoms with E-state index in [4.69, 9.17) is 0 Å². The van der Waals surface area contributed by atoms with Crippen molar-refractivity contribution < 1.29 is 19.2 Å². The predicted molar refractivity (Wildman–Crippen MR) is 118 cm³/mol. The summed E-state index contributed by atoms with van der Waals surface area (Å²) in [5, 5.41) is 5.37. The predicted octanol–water partition coefficient (Wildman–Crippen LogP) is 0.195. The van der Waals surface area contributed by atoms with Crippen LogP contribution in [-0.2, 0) is 19.2 Å². The summed E-state index contributed by atoms with van der Waals surface area (Å²) in [6.07, 6.45) is 3.75. The van der Waals surface area contributed by atoms with Gasteiger partial charge in [0, 0.05) is 32.2 Å². The maximum absolute atomic E-state index is 13.4. The fraction of sp³-hybridized carbons (Fsp3) is 0.818. The summed E-state index contributed by atoms with van der Waals surface area (Å²) in [4.78, 5) is 54.6. The van der Waals surface area contributed by atoms with Crippen molar-refractivity contribution in [1.82, 2.24) is 25.3 Å². The topological polar surface area (TPSA) is 102 Å². The molecule has 0 saturated carbocycles. The number of nitrogens with zero attached hydrogens (tertiary/aromatic N) is 3. The van der Waals surface area contributed by atoms with E-state index in [1.807, 2.05) is 13.8 Å². The van der Waals surface area contributed by atoms with Crippen LogP contribution in [0.5, 0.6) is 0 Å². The van der Waals surface area contributed by atoms with Crippen molar-refractivity contribution in [3.8, 4) is 0 Å². The Kier molecular flexibility index (Phi) is 9.28. The Morgan fingerprint density at radius 1 is 1.06 bits per heavy atom. The van der Waals surface area contributed by atoms with Gasteiger partial charge in [0.1, 0.15) is 6.04 Å². The molecule has 2 heterocycles. The summed E-state index contributed by atoms with van der Waals surface area (Å²) in [6.45, 7) is 9.93. The minimum absolute atomic E-state index is 0.0259. The zero-order valence-electron chi connectivity index (χ0n) is 19.6. The molecular formula is C22H39N5O4. The van der Waals surface area contributed by atoms with Crippen LogP contribution in [0.2, 0.25) is 0 Å². The van der Waals surface area contributed by atoms with Gasteiger partial charge in [0.25, 0.3) is 0 Å². The van der Waals surface area contributed by atoms with Crippen LogP contribution in [-0.4, -0.2) is 96.2 Å². The van der Waals surface area contributed by atoms with Gasteiger partial charge in [-0.3, -0.25) is 24.1 Å². The SMILES string of the molecule is CC(C)NC(=O)C1CCCN1C(=O)[C@@H]1CCCN1C[C@H](C(C)C)N(C)C(=O)CNC=O. The second kappa shape index (κ2) is 11.5. The molecule has 0 radical (unpaired) electrons. The van der Waals surface area contributed by atoms with Crippen LogP contribution >= 0.6 is 0 Å². The molecule has 0 bridgehead atoms. The number of likely N-dealkylation sites (tertiary alicyclic amines) is 2. The van der Waals surface area contributed by atoms with Gasteiger partial charge in [-0.25, -0.2) is 0 Å². The lowest BCUT2D eigenvalue weighted by atomic mass is 10.0. The van der Waals surface area contributed by atoms with Crippen molar-refractivity contribution in [2.45, 2.75) is 77.5 Å². The number of carbonyl (C=O) groups excluding carboxylic acids is 4. The van der Waals surface area contributed by atoms with Gasteiger partial charge in [0.2, 0.25) is 24.1 Å². The molecule has 2 aliphatic rings. The lowest BCUT2D eigenvalue weighted by Crippen LogP contribution is -2.55. The van der Waals surface area contributed by atoms with Crippen molar-refractivity contribution in [2.75, 3.05) is 33.2 Å². The minimum Gasteiger partial charge on any atom is -0.352 e. The molecular weight excluding hydrogens is 398 g/mol. The van der Waals surface area contributed by atoms with E-state index in [0.717, 1.165) is 25.8 Å². The van der Waals surface area contributed by atoms with Crippen molar-refractivity contribution in [2.24, 2.45) is 5.92 Å². The van der Waals surface area contributed by atoms with E-state index in [2.05, 4.69) is 29.4 Å². The molecule has 2 saturated heterocycles. The molecule has 9 heteroatoms. The van der Waals surface area contributed by atoms with Crippen LogP contribution in [0, 0.1) is 5.92 Å². The third-order valence-corrected chi connectivity index (χ3v) is 6.34. The second-order valence-corrected chi connectivity index (χ2v) is 9.32. The highest BCUT2D eigenvalue weighted by Gasteiger charge is 2.41. The van der Waals surface area contributed by atoms with E-state index in [1.54, 1.807) is 16.8 Å². The van der Waals surface area contributed by atoms with Gasteiger partial charge in [-0.1, -0.05) is 13.8 Å². The van der Waals surface area contributed by atoms with E-state index >= 15 is 0 Å². The average Bonchev–Trinajstić information content (AvgIpc) is 3.37. The van der Waals surface area contributed by atoms with Gasteiger partial charge in [-0.05, 0) is 52.0 Å². The largest absolute Gasteiger partial charge is 0.352 e. The Bertz CT molecular complexity index is 654. The summed E-state index contributed by atoms with van der Waals surface area (Å²) >= 11 is 0. The third-order valence-electron chi connectivity index (χ3n) is 6.34. The summed E-state index contributed by atoms with van der Waals surface area (Å²) in [5.74, 6) is -0.00722. The van der Waals surface area contributed by atoms with Crippen LogP contribution in [0.25, 0.3) is 0 Å². The number of rotatable bonds is 10. The Morgan fingerprint density at radius 3 is 2.32 bits per heavy atom. The van der Waals surface area contributed by atoms with E-state index in [1.165, 1.54) is 0 Å². The number of carbonyl (C=O) groups is 4. The molecule has 0 aromatic rings. The second-order valence-electron chi connectivity index (χ2n) is 9.32. The maximum Gasteiger partial charge on any atom is 0.243 e. The van der Waals surface area contributed by atoms with E-state index < -0.39 is 6.04 Å². The Labute approximate surface area is 185 Å². The first-order chi connectivity index (χ1) is 14.7. The lowest BCUT2D eigenvalue weighted by molar-refractivity contribution is -0.142. The summed E-state index contributed by atoms with van der Waals surface area (Å²) < 4.78 is 0. The van der Waals surface area contributed by atoms with Gasteiger partial charge in [0.15, 0.2) is 0 Å². The van der Waals surface area contributed by atoms with Crippen LogP contribution in [0.3, 0.4) is 0 Å². The standard InChI is InChI=1S/C22H39N5O4/c1-15(2)19(25(5)20(29)12-23-14-28)13-26-10-6-9-18(26)22(31)27-11-7-8-17(27)21(30)24-16(3)4/h14-19H,6-13H2,1-5H3,(H,23,28)(H,24,30)/t17?,18-,19+/m0/s1. The van der Waals surface area contributed by atoms with E-state index in [-0.39, 0.29) is 48.3 Å². The first-order valence-corrected chi connectivity index (χ1v) is 11.4. The molecule has 3 atom stereocenters. The minimum atomic E-state index is -0.392. The third kappa shape index (κ3) is 6.41. The number of hydrogen-bond acceptors (Lipinski definition) is 5. The maximum atomic E-state index is 13.4. The van der Waals surface area contributed by atoms with Gasteiger partial charge < -0.3 is 20.4 Å².